The van der Waals surface area contributed by atoms with E-state index in [9.17, 15) is 0 Å². The Hall–Kier alpha value is 0. The minimum atomic E-state index is 0.496. The summed E-state index contributed by atoms with van der Waals surface area (Å²) in [5.41, 5.74) is 0.496. The summed E-state index contributed by atoms with van der Waals surface area (Å²) in [6, 6.07) is 0. The summed E-state index contributed by atoms with van der Waals surface area (Å²) in [5.74, 6) is 3.58. The first-order chi connectivity index (χ1) is 6.87. The summed E-state index contributed by atoms with van der Waals surface area (Å²) < 4.78 is 0. The molecule has 1 aliphatic carbocycles. The minimum absolute atomic E-state index is 0.496. The zero-order valence-corrected chi connectivity index (χ0v) is 11.6. The zero-order valence-electron chi connectivity index (χ0n) is 11.6. The molecule has 0 saturated heterocycles. The van der Waals surface area contributed by atoms with Crippen molar-refractivity contribution in [2.45, 2.75) is 67.2 Å². The Labute approximate surface area is 96.8 Å². The van der Waals surface area contributed by atoms with E-state index in [2.05, 4.69) is 41.5 Å². The van der Waals surface area contributed by atoms with Crippen LogP contribution in [-0.4, -0.2) is 0 Å². The van der Waals surface area contributed by atoms with Gasteiger partial charge in [0.05, 0.1) is 0 Å². The van der Waals surface area contributed by atoms with Gasteiger partial charge in [-0.15, -0.1) is 0 Å². The van der Waals surface area contributed by atoms with Gasteiger partial charge in [0, 0.05) is 0 Å². The van der Waals surface area contributed by atoms with Crippen LogP contribution in [0.3, 0.4) is 0 Å². The molecule has 0 bridgehead atoms. The van der Waals surface area contributed by atoms with E-state index >= 15 is 0 Å². The lowest BCUT2D eigenvalue weighted by molar-refractivity contribution is 0.0513. The van der Waals surface area contributed by atoms with Gasteiger partial charge < -0.3 is 0 Å². The highest BCUT2D eigenvalue weighted by Gasteiger charge is 2.37. The van der Waals surface area contributed by atoms with Crippen molar-refractivity contribution >= 4 is 0 Å². The summed E-state index contributed by atoms with van der Waals surface area (Å²) >= 11 is 0. The SMILES string of the molecule is CC1CCCCC1C(C)C(C)(C)C(C)C. The molecule has 15 heavy (non-hydrogen) atoms. The normalized spacial score (nSPS) is 30.6. The molecule has 0 amide bonds. The lowest BCUT2D eigenvalue weighted by atomic mass is 9.61. The van der Waals surface area contributed by atoms with Gasteiger partial charge in [-0.3, -0.25) is 0 Å². The fourth-order valence-electron chi connectivity index (χ4n) is 3.17. The van der Waals surface area contributed by atoms with Crippen LogP contribution in [0, 0.1) is 29.1 Å². The highest BCUT2D eigenvalue weighted by molar-refractivity contribution is 4.86. The molecule has 0 heterocycles. The quantitative estimate of drug-likeness (QED) is 0.605. The maximum Gasteiger partial charge on any atom is -0.0303 e. The first-order valence-electron chi connectivity index (χ1n) is 6.87. The molecule has 1 fully saturated rings. The van der Waals surface area contributed by atoms with Gasteiger partial charge >= 0.3 is 0 Å². The van der Waals surface area contributed by atoms with E-state index in [-0.39, 0.29) is 0 Å². The minimum Gasteiger partial charge on any atom is -0.0623 e. The molecule has 1 rings (SSSR count). The summed E-state index contributed by atoms with van der Waals surface area (Å²) in [6.45, 7) is 14.6. The smallest absolute Gasteiger partial charge is 0.0303 e. The molecule has 0 spiro atoms. The molecule has 1 aliphatic rings. The number of hydrogen-bond donors (Lipinski definition) is 0. The lowest BCUT2D eigenvalue weighted by Crippen LogP contribution is -2.36. The second-order valence-corrected chi connectivity index (χ2v) is 6.69. The average Bonchev–Trinajstić information content (AvgIpc) is 2.17. The second-order valence-electron chi connectivity index (χ2n) is 6.69. The van der Waals surface area contributed by atoms with E-state index in [1.165, 1.54) is 25.7 Å². The van der Waals surface area contributed by atoms with Gasteiger partial charge in [0.2, 0.25) is 0 Å². The van der Waals surface area contributed by atoms with E-state index in [4.69, 9.17) is 0 Å². The molecule has 0 aliphatic heterocycles. The van der Waals surface area contributed by atoms with Gasteiger partial charge in [0.25, 0.3) is 0 Å². The fraction of sp³-hybridized carbons (Fsp3) is 1.00. The predicted molar refractivity (Wildman–Crippen MR) is 68.9 cm³/mol. The maximum atomic E-state index is 2.49. The third kappa shape index (κ3) is 2.77. The van der Waals surface area contributed by atoms with Crippen molar-refractivity contribution < 1.29 is 0 Å². The third-order valence-corrected chi connectivity index (χ3v) is 5.48. The molecule has 1 saturated carbocycles. The molecule has 0 heteroatoms. The average molecular weight is 210 g/mol. The van der Waals surface area contributed by atoms with E-state index in [0.29, 0.717) is 5.41 Å². The molecule has 90 valence electrons. The van der Waals surface area contributed by atoms with Crippen molar-refractivity contribution in [1.82, 2.24) is 0 Å². The van der Waals surface area contributed by atoms with Gasteiger partial charge in [-0.2, -0.15) is 0 Å². The van der Waals surface area contributed by atoms with Crippen molar-refractivity contribution in [2.24, 2.45) is 29.1 Å². The topological polar surface area (TPSA) is 0 Å². The molecule has 0 aromatic heterocycles. The maximum absolute atomic E-state index is 2.49. The Morgan fingerprint density at radius 2 is 1.53 bits per heavy atom. The van der Waals surface area contributed by atoms with E-state index in [1.807, 2.05) is 0 Å². The predicted octanol–water partition coefficient (Wildman–Crippen LogP) is 5.13. The zero-order chi connectivity index (χ0) is 11.6. The molecule has 3 unspecified atom stereocenters. The molecule has 0 N–H and O–H groups in total. The molecule has 0 aromatic carbocycles. The second kappa shape index (κ2) is 4.89. The van der Waals surface area contributed by atoms with Crippen LogP contribution in [0.1, 0.15) is 67.2 Å². The molecule has 0 radical (unpaired) electrons. The van der Waals surface area contributed by atoms with Gasteiger partial charge in [-0.25, -0.2) is 0 Å². The first-order valence-corrected chi connectivity index (χ1v) is 6.87. The summed E-state index contributed by atoms with van der Waals surface area (Å²) in [6.07, 6.45) is 5.86. The van der Waals surface area contributed by atoms with Crippen LogP contribution >= 0.6 is 0 Å². The molecule has 3 atom stereocenters. The summed E-state index contributed by atoms with van der Waals surface area (Å²) in [5, 5.41) is 0. The summed E-state index contributed by atoms with van der Waals surface area (Å²) in [4.78, 5) is 0. The van der Waals surface area contributed by atoms with Crippen molar-refractivity contribution in [3.63, 3.8) is 0 Å². The van der Waals surface area contributed by atoms with Crippen LogP contribution in [0.5, 0.6) is 0 Å². The standard InChI is InChI=1S/C15H30/c1-11(2)15(5,6)13(4)14-10-8-7-9-12(14)3/h11-14H,7-10H2,1-6H3. The molecular weight excluding hydrogens is 180 g/mol. The van der Waals surface area contributed by atoms with Gasteiger partial charge in [-0.05, 0) is 35.5 Å². The van der Waals surface area contributed by atoms with Gasteiger partial charge in [-0.1, -0.05) is 60.8 Å². The van der Waals surface area contributed by atoms with Crippen LogP contribution < -0.4 is 0 Å². The van der Waals surface area contributed by atoms with Crippen molar-refractivity contribution in [1.29, 1.82) is 0 Å². The van der Waals surface area contributed by atoms with Crippen LogP contribution in [0.2, 0.25) is 0 Å². The number of rotatable bonds is 3. The van der Waals surface area contributed by atoms with Gasteiger partial charge in [0.1, 0.15) is 0 Å². The van der Waals surface area contributed by atoms with E-state index in [1.54, 1.807) is 0 Å². The Balaban J connectivity index is 2.69. The van der Waals surface area contributed by atoms with Crippen LogP contribution in [0.25, 0.3) is 0 Å². The first kappa shape index (κ1) is 13.1. The fourth-order valence-corrected chi connectivity index (χ4v) is 3.17. The van der Waals surface area contributed by atoms with Crippen molar-refractivity contribution in [3.8, 4) is 0 Å². The number of hydrogen-bond acceptors (Lipinski definition) is 0. The Bertz CT molecular complexity index is 190. The van der Waals surface area contributed by atoms with Crippen LogP contribution in [0.4, 0.5) is 0 Å². The van der Waals surface area contributed by atoms with Crippen LogP contribution in [0.15, 0.2) is 0 Å². The highest BCUT2D eigenvalue weighted by Crippen LogP contribution is 2.45. The molecule has 0 nitrogen and oxygen atoms in total. The largest absolute Gasteiger partial charge is 0.0623 e. The Morgan fingerprint density at radius 1 is 1.00 bits per heavy atom. The highest BCUT2D eigenvalue weighted by atomic mass is 14.4. The monoisotopic (exact) mass is 210 g/mol. The van der Waals surface area contributed by atoms with E-state index in [0.717, 1.165) is 23.7 Å². The lowest BCUT2D eigenvalue weighted by Gasteiger charge is -2.44. The van der Waals surface area contributed by atoms with Gasteiger partial charge in [0.15, 0.2) is 0 Å². The molecule has 0 aromatic rings. The molecular formula is C15H30. The Morgan fingerprint density at radius 3 is 2.00 bits per heavy atom. The van der Waals surface area contributed by atoms with Crippen molar-refractivity contribution in [3.05, 3.63) is 0 Å². The van der Waals surface area contributed by atoms with E-state index < -0.39 is 0 Å². The Kier molecular flexibility index (Phi) is 4.26. The summed E-state index contributed by atoms with van der Waals surface area (Å²) in [7, 11) is 0. The van der Waals surface area contributed by atoms with Crippen molar-refractivity contribution in [2.75, 3.05) is 0 Å². The van der Waals surface area contributed by atoms with Crippen LogP contribution in [-0.2, 0) is 0 Å². The third-order valence-electron chi connectivity index (χ3n) is 5.48.